The van der Waals surface area contributed by atoms with Gasteiger partial charge in [-0.1, -0.05) is 185 Å². The molecule has 0 aliphatic carbocycles. The van der Waals surface area contributed by atoms with E-state index >= 15 is 0 Å². The molecule has 336 valence electrons. The summed E-state index contributed by atoms with van der Waals surface area (Å²) in [5.41, 5.74) is 0. The van der Waals surface area contributed by atoms with Crippen molar-refractivity contribution in [3.05, 3.63) is 48.6 Å². The summed E-state index contributed by atoms with van der Waals surface area (Å²) in [5, 5.41) is 0. The van der Waals surface area contributed by atoms with Crippen molar-refractivity contribution < 1.29 is 28.6 Å². The molecule has 1 atom stereocenters. The fraction of sp³-hybridized carbons (Fsp3) is 0.788. The van der Waals surface area contributed by atoms with Crippen LogP contribution in [0.25, 0.3) is 0 Å². The lowest BCUT2D eigenvalue weighted by Gasteiger charge is -2.18. The van der Waals surface area contributed by atoms with E-state index in [4.69, 9.17) is 14.2 Å². The van der Waals surface area contributed by atoms with Crippen LogP contribution in [0.15, 0.2) is 48.6 Å². The maximum absolute atomic E-state index is 12.7. The molecule has 0 N–H and O–H groups in total. The smallest absolute Gasteiger partial charge is 0.306 e. The Morgan fingerprint density at radius 3 is 1.14 bits per heavy atom. The highest BCUT2D eigenvalue weighted by molar-refractivity contribution is 5.71. The Balaban J connectivity index is 4.31. The molecule has 0 fully saturated rings. The van der Waals surface area contributed by atoms with E-state index < -0.39 is 6.10 Å². The largest absolute Gasteiger partial charge is 0.462 e. The molecule has 0 aliphatic rings. The van der Waals surface area contributed by atoms with Crippen molar-refractivity contribution in [1.82, 2.24) is 0 Å². The minimum Gasteiger partial charge on any atom is -0.462 e. The molecule has 0 aromatic carbocycles. The standard InChI is InChI=1S/C52H92O6/c1-4-7-10-13-16-19-21-23-24-25-26-27-28-29-31-33-36-39-42-45-51(54)57-48-49(47-56-50(53)44-41-38-35-32-18-15-12-9-6-3)58-52(55)46-43-40-37-34-30-22-20-17-14-11-8-5-2/h8,11,17,20,25-26,32,35,49H,4-7,9-10,12-16,18-19,21-24,27-31,33-34,36-48H2,1-3H3/b11-8-,20-17-,26-25-,35-32-. The Morgan fingerprint density at radius 1 is 0.362 bits per heavy atom. The molecule has 6 heteroatoms. The van der Waals surface area contributed by atoms with E-state index in [1.807, 2.05) is 0 Å². The zero-order valence-corrected chi connectivity index (χ0v) is 38.3. The number of hydrogen-bond donors (Lipinski definition) is 0. The second-order valence-corrected chi connectivity index (χ2v) is 16.3. The van der Waals surface area contributed by atoms with Gasteiger partial charge in [0, 0.05) is 19.3 Å². The van der Waals surface area contributed by atoms with Crippen molar-refractivity contribution in [3.8, 4) is 0 Å². The Morgan fingerprint density at radius 2 is 0.690 bits per heavy atom. The number of allylic oxidation sites excluding steroid dienone is 8. The second-order valence-electron chi connectivity index (χ2n) is 16.3. The van der Waals surface area contributed by atoms with Gasteiger partial charge in [-0.3, -0.25) is 14.4 Å². The van der Waals surface area contributed by atoms with Crippen LogP contribution in [0.4, 0.5) is 0 Å². The predicted octanol–water partition coefficient (Wildman–Crippen LogP) is 15.9. The van der Waals surface area contributed by atoms with E-state index in [-0.39, 0.29) is 31.1 Å². The predicted molar refractivity (Wildman–Crippen MR) is 247 cm³/mol. The molecular formula is C52H92O6. The van der Waals surface area contributed by atoms with Crippen LogP contribution in [-0.2, 0) is 28.6 Å². The number of carbonyl (C=O) groups excluding carboxylic acids is 3. The second kappa shape index (κ2) is 47.1. The first-order chi connectivity index (χ1) is 28.5. The fourth-order valence-electron chi connectivity index (χ4n) is 6.83. The summed E-state index contributed by atoms with van der Waals surface area (Å²) in [6, 6.07) is 0. The molecule has 0 aromatic heterocycles. The van der Waals surface area contributed by atoms with Gasteiger partial charge in [-0.05, 0) is 89.9 Å². The van der Waals surface area contributed by atoms with Gasteiger partial charge in [-0.25, -0.2) is 0 Å². The van der Waals surface area contributed by atoms with Crippen molar-refractivity contribution in [3.63, 3.8) is 0 Å². The highest BCUT2D eigenvalue weighted by atomic mass is 16.6. The van der Waals surface area contributed by atoms with Crippen molar-refractivity contribution in [1.29, 1.82) is 0 Å². The summed E-state index contributed by atoms with van der Waals surface area (Å²) >= 11 is 0. The van der Waals surface area contributed by atoms with E-state index in [1.54, 1.807) is 0 Å². The van der Waals surface area contributed by atoms with Crippen LogP contribution in [0, 0.1) is 0 Å². The van der Waals surface area contributed by atoms with Gasteiger partial charge >= 0.3 is 17.9 Å². The monoisotopic (exact) mass is 813 g/mol. The fourth-order valence-corrected chi connectivity index (χ4v) is 6.83. The van der Waals surface area contributed by atoms with Crippen molar-refractivity contribution >= 4 is 17.9 Å². The molecule has 0 bridgehead atoms. The summed E-state index contributed by atoms with van der Waals surface area (Å²) in [6.07, 6.45) is 55.4. The van der Waals surface area contributed by atoms with Crippen molar-refractivity contribution in [2.24, 2.45) is 0 Å². The van der Waals surface area contributed by atoms with Crippen molar-refractivity contribution in [2.75, 3.05) is 13.2 Å². The molecule has 0 rings (SSSR count). The lowest BCUT2D eigenvalue weighted by molar-refractivity contribution is -0.167. The Bertz CT molecular complexity index is 1030. The lowest BCUT2D eigenvalue weighted by Crippen LogP contribution is -2.30. The molecule has 0 saturated carbocycles. The Kier molecular flexibility index (Phi) is 44.9. The van der Waals surface area contributed by atoms with E-state index in [1.165, 1.54) is 116 Å². The lowest BCUT2D eigenvalue weighted by atomic mass is 10.1. The minimum absolute atomic E-state index is 0.0893. The van der Waals surface area contributed by atoms with Crippen LogP contribution in [0.1, 0.15) is 245 Å². The van der Waals surface area contributed by atoms with E-state index in [0.717, 1.165) is 83.5 Å². The van der Waals surface area contributed by atoms with Gasteiger partial charge in [0.2, 0.25) is 0 Å². The number of hydrogen-bond acceptors (Lipinski definition) is 6. The van der Waals surface area contributed by atoms with Gasteiger partial charge < -0.3 is 14.2 Å². The first kappa shape index (κ1) is 55.4. The summed E-state index contributed by atoms with van der Waals surface area (Å²) in [5.74, 6) is -0.944. The Labute approximate surface area is 358 Å². The zero-order chi connectivity index (χ0) is 42.3. The average molecular weight is 813 g/mol. The van der Waals surface area contributed by atoms with Crippen LogP contribution < -0.4 is 0 Å². The molecule has 6 nitrogen and oxygen atoms in total. The molecule has 58 heavy (non-hydrogen) atoms. The van der Waals surface area contributed by atoms with Gasteiger partial charge in [0.05, 0.1) is 0 Å². The van der Waals surface area contributed by atoms with Crippen molar-refractivity contribution in [2.45, 2.75) is 252 Å². The first-order valence-corrected chi connectivity index (χ1v) is 24.6. The molecular weight excluding hydrogens is 721 g/mol. The van der Waals surface area contributed by atoms with E-state index in [2.05, 4.69) is 69.4 Å². The van der Waals surface area contributed by atoms with E-state index in [9.17, 15) is 14.4 Å². The molecule has 0 aliphatic heterocycles. The third-order valence-electron chi connectivity index (χ3n) is 10.5. The summed E-state index contributed by atoms with van der Waals surface area (Å²) in [4.78, 5) is 37.7. The van der Waals surface area contributed by atoms with Gasteiger partial charge in [0.15, 0.2) is 6.10 Å². The third kappa shape index (κ3) is 44.5. The molecule has 0 radical (unpaired) electrons. The minimum atomic E-state index is -0.790. The van der Waals surface area contributed by atoms with Crippen LogP contribution in [0.5, 0.6) is 0 Å². The number of ether oxygens (including phenoxy) is 3. The van der Waals surface area contributed by atoms with Crippen LogP contribution in [0.3, 0.4) is 0 Å². The van der Waals surface area contributed by atoms with E-state index in [0.29, 0.717) is 25.7 Å². The maximum atomic E-state index is 12.7. The SMILES string of the molecule is CC/C=C\C/C=C\CCCCCCCC(=O)OC(COC(=O)CCC/C=C\CCCCCC)COC(=O)CCCCCCCCC/C=C\CCCCCCCCCC. The quantitative estimate of drug-likeness (QED) is 0.0264. The van der Waals surface area contributed by atoms with Gasteiger partial charge in [0.25, 0.3) is 0 Å². The maximum Gasteiger partial charge on any atom is 0.306 e. The van der Waals surface area contributed by atoms with Gasteiger partial charge in [-0.2, -0.15) is 0 Å². The first-order valence-electron chi connectivity index (χ1n) is 24.6. The van der Waals surface area contributed by atoms with Crippen LogP contribution in [-0.4, -0.2) is 37.2 Å². The highest BCUT2D eigenvalue weighted by Crippen LogP contribution is 2.14. The molecule has 0 heterocycles. The molecule has 0 amide bonds. The molecule has 0 saturated heterocycles. The highest BCUT2D eigenvalue weighted by Gasteiger charge is 2.19. The van der Waals surface area contributed by atoms with Gasteiger partial charge in [0.1, 0.15) is 13.2 Å². The van der Waals surface area contributed by atoms with Crippen LogP contribution >= 0.6 is 0 Å². The topological polar surface area (TPSA) is 78.9 Å². The third-order valence-corrected chi connectivity index (χ3v) is 10.5. The number of carbonyl (C=O) groups is 3. The summed E-state index contributed by atoms with van der Waals surface area (Å²) < 4.78 is 16.7. The molecule has 0 spiro atoms. The van der Waals surface area contributed by atoms with Gasteiger partial charge in [-0.15, -0.1) is 0 Å². The molecule has 0 aromatic rings. The normalized spacial score (nSPS) is 12.4. The number of esters is 3. The summed E-state index contributed by atoms with van der Waals surface area (Å²) in [6.45, 7) is 6.45. The zero-order valence-electron chi connectivity index (χ0n) is 38.3. The Hall–Kier alpha value is -2.63. The summed E-state index contributed by atoms with van der Waals surface area (Å²) in [7, 11) is 0. The molecule has 1 unspecified atom stereocenters. The number of rotatable bonds is 44. The van der Waals surface area contributed by atoms with Crippen LogP contribution in [0.2, 0.25) is 0 Å². The number of unbranched alkanes of at least 4 members (excludes halogenated alkanes) is 25. The average Bonchev–Trinajstić information content (AvgIpc) is 3.22.